The second-order valence-corrected chi connectivity index (χ2v) is 8.06. The van der Waals surface area contributed by atoms with Gasteiger partial charge in [-0.25, -0.2) is 0 Å². The highest BCUT2D eigenvalue weighted by atomic mass is 32.1. The van der Waals surface area contributed by atoms with E-state index in [4.69, 9.17) is 4.74 Å². The number of thiophene rings is 2. The molecule has 0 radical (unpaired) electrons. The van der Waals surface area contributed by atoms with Gasteiger partial charge in [0.1, 0.15) is 6.04 Å². The van der Waals surface area contributed by atoms with Crippen LogP contribution >= 0.6 is 22.7 Å². The first-order valence-corrected chi connectivity index (χ1v) is 9.88. The molecule has 2 aliphatic rings. The molecule has 122 valence electrons. The monoisotopic (exact) mass is 349 g/mol. The van der Waals surface area contributed by atoms with Crippen LogP contribution in [0.1, 0.15) is 21.4 Å². The third-order valence-corrected chi connectivity index (χ3v) is 6.68. The van der Waals surface area contributed by atoms with E-state index in [1.54, 1.807) is 11.3 Å². The number of fused-ring (bicyclic) bond motifs is 1. The lowest BCUT2D eigenvalue weighted by Crippen LogP contribution is -3.14. The molecule has 1 amide bonds. The Morgan fingerprint density at radius 2 is 2.13 bits per heavy atom. The maximum absolute atomic E-state index is 12.7. The first-order valence-electron chi connectivity index (χ1n) is 8.12. The van der Waals surface area contributed by atoms with E-state index < -0.39 is 0 Å². The number of carbonyl (C=O) groups excluding carboxylic acids is 1. The lowest BCUT2D eigenvalue weighted by Gasteiger charge is -2.34. The lowest BCUT2D eigenvalue weighted by molar-refractivity contribution is -0.919. The van der Waals surface area contributed by atoms with Gasteiger partial charge >= 0.3 is 0 Å². The summed E-state index contributed by atoms with van der Waals surface area (Å²) >= 11 is 3.66. The van der Waals surface area contributed by atoms with Gasteiger partial charge in [-0.1, -0.05) is 6.07 Å². The number of rotatable bonds is 3. The van der Waals surface area contributed by atoms with E-state index >= 15 is 0 Å². The summed E-state index contributed by atoms with van der Waals surface area (Å²) in [6, 6.07) is 6.89. The number of nitrogens with one attached hydrogen (secondary N) is 1. The van der Waals surface area contributed by atoms with Crippen molar-refractivity contribution >= 4 is 28.6 Å². The molecule has 2 aromatic rings. The van der Waals surface area contributed by atoms with E-state index in [9.17, 15) is 4.79 Å². The molecule has 2 aromatic heterocycles. The molecule has 6 heteroatoms. The average molecular weight is 350 g/mol. The summed E-state index contributed by atoms with van der Waals surface area (Å²) in [6.45, 7) is 4.43. The molecule has 1 unspecified atom stereocenters. The molecule has 4 nitrogen and oxygen atoms in total. The third kappa shape index (κ3) is 3.08. The Kier molecular flexibility index (Phi) is 4.48. The predicted molar refractivity (Wildman–Crippen MR) is 92.3 cm³/mol. The standard InChI is InChI=1S/C17H20N2O2S2/c20-16(18-6-8-21-9-7-18)12-19-5-3-14-13(4-11-23-14)17(19)15-2-1-10-22-15/h1-2,4,10-11,17H,3,5-9,12H2/p+1/t17-/m1/s1. The quantitative estimate of drug-likeness (QED) is 0.903. The van der Waals surface area contributed by atoms with Gasteiger partial charge in [0.05, 0.1) is 24.6 Å². The van der Waals surface area contributed by atoms with Crippen LogP contribution in [0.4, 0.5) is 0 Å². The van der Waals surface area contributed by atoms with Crippen molar-refractivity contribution in [2.75, 3.05) is 39.4 Å². The fourth-order valence-corrected chi connectivity index (χ4v) is 5.39. The maximum Gasteiger partial charge on any atom is 0.277 e. The van der Waals surface area contributed by atoms with Gasteiger partial charge < -0.3 is 14.5 Å². The fraction of sp³-hybridized carbons (Fsp3) is 0.471. The minimum Gasteiger partial charge on any atom is -0.378 e. The summed E-state index contributed by atoms with van der Waals surface area (Å²) < 4.78 is 5.36. The van der Waals surface area contributed by atoms with E-state index in [-0.39, 0.29) is 5.91 Å². The SMILES string of the molecule is O=C(C[NH+]1CCc2sccc2[C@@H]1c1cccs1)N1CCOCC1. The predicted octanol–water partition coefficient (Wildman–Crippen LogP) is 1.20. The smallest absolute Gasteiger partial charge is 0.277 e. The summed E-state index contributed by atoms with van der Waals surface area (Å²) in [7, 11) is 0. The van der Waals surface area contributed by atoms with Gasteiger partial charge in [-0.3, -0.25) is 4.79 Å². The Labute approximate surface area is 144 Å². The molecule has 0 saturated carbocycles. The first-order chi connectivity index (χ1) is 11.3. The summed E-state index contributed by atoms with van der Waals surface area (Å²) in [5.74, 6) is 0.267. The summed E-state index contributed by atoms with van der Waals surface area (Å²) in [6.07, 6.45) is 1.08. The Balaban J connectivity index is 1.56. The first kappa shape index (κ1) is 15.3. The molecule has 1 N–H and O–H groups in total. The molecule has 1 fully saturated rings. The number of morpholine rings is 1. The van der Waals surface area contributed by atoms with Gasteiger partial charge in [0.15, 0.2) is 6.54 Å². The van der Waals surface area contributed by atoms with Gasteiger partial charge in [0.2, 0.25) is 0 Å². The molecule has 1 saturated heterocycles. The topological polar surface area (TPSA) is 34.0 Å². The number of carbonyl (C=O) groups is 1. The van der Waals surface area contributed by atoms with Crippen LogP contribution in [-0.2, 0) is 16.0 Å². The number of hydrogen-bond acceptors (Lipinski definition) is 4. The number of nitrogens with zero attached hydrogens (tertiary/aromatic N) is 1. The molecule has 0 bridgehead atoms. The van der Waals surface area contributed by atoms with E-state index in [0.29, 0.717) is 25.8 Å². The summed E-state index contributed by atoms with van der Waals surface area (Å²) in [4.78, 5) is 18.9. The minimum atomic E-state index is 0.267. The Morgan fingerprint density at radius 1 is 1.26 bits per heavy atom. The van der Waals surface area contributed by atoms with Crippen molar-refractivity contribution in [2.45, 2.75) is 12.5 Å². The highest BCUT2D eigenvalue weighted by Crippen LogP contribution is 2.31. The molecule has 0 aromatic carbocycles. The van der Waals surface area contributed by atoms with Crippen LogP contribution in [0.3, 0.4) is 0 Å². The molecule has 4 rings (SSSR count). The molecule has 2 aliphatic heterocycles. The third-order valence-electron chi connectivity index (χ3n) is 4.74. The van der Waals surface area contributed by atoms with Crippen LogP contribution in [0, 0.1) is 0 Å². The fourth-order valence-electron chi connectivity index (χ4n) is 3.57. The normalized spacial score (nSPS) is 24.4. The van der Waals surface area contributed by atoms with Gasteiger partial charge in [-0.05, 0) is 22.9 Å². The minimum absolute atomic E-state index is 0.267. The van der Waals surface area contributed by atoms with Gasteiger partial charge in [0, 0.05) is 30.0 Å². The molecule has 2 atom stereocenters. The molecule has 0 aliphatic carbocycles. The van der Waals surface area contributed by atoms with Crippen LogP contribution in [0.5, 0.6) is 0 Å². The molecule has 4 heterocycles. The van der Waals surface area contributed by atoms with E-state index in [0.717, 1.165) is 26.1 Å². The van der Waals surface area contributed by atoms with Crippen molar-refractivity contribution < 1.29 is 14.4 Å². The Bertz CT molecular complexity index is 662. The van der Waals surface area contributed by atoms with Crippen molar-refractivity contribution in [2.24, 2.45) is 0 Å². The van der Waals surface area contributed by atoms with Crippen LogP contribution in [0.2, 0.25) is 0 Å². The van der Waals surface area contributed by atoms with Crippen LogP contribution in [-0.4, -0.2) is 50.2 Å². The highest BCUT2D eigenvalue weighted by Gasteiger charge is 2.36. The van der Waals surface area contributed by atoms with Crippen molar-refractivity contribution in [1.82, 2.24) is 4.90 Å². The van der Waals surface area contributed by atoms with Crippen LogP contribution in [0.15, 0.2) is 29.0 Å². The van der Waals surface area contributed by atoms with E-state index in [2.05, 4.69) is 29.0 Å². The zero-order chi connectivity index (χ0) is 15.6. The van der Waals surface area contributed by atoms with Crippen molar-refractivity contribution in [3.63, 3.8) is 0 Å². The molecule has 23 heavy (non-hydrogen) atoms. The summed E-state index contributed by atoms with van der Waals surface area (Å²) in [5.41, 5.74) is 1.42. The number of amides is 1. The maximum atomic E-state index is 12.7. The van der Waals surface area contributed by atoms with Crippen molar-refractivity contribution in [3.8, 4) is 0 Å². The van der Waals surface area contributed by atoms with Crippen molar-refractivity contribution in [1.29, 1.82) is 0 Å². The second-order valence-electron chi connectivity index (χ2n) is 6.08. The largest absolute Gasteiger partial charge is 0.378 e. The number of ether oxygens (including phenoxy) is 1. The number of hydrogen-bond donors (Lipinski definition) is 1. The average Bonchev–Trinajstić information content (AvgIpc) is 3.27. The van der Waals surface area contributed by atoms with Crippen molar-refractivity contribution in [3.05, 3.63) is 44.3 Å². The Hall–Kier alpha value is -1.21. The van der Waals surface area contributed by atoms with Gasteiger partial charge in [0.25, 0.3) is 5.91 Å². The molecule has 0 spiro atoms. The van der Waals surface area contributed by atoms with E-state index in [1.807, 2.05) is 16.2 Å². The van der Waals surface area contributed by atoms with Crippen LogP contribution in [0.25, 0.3) is 0 Å². The number of quaternary nitrogens is 1. The molecular formula is C17H21N2O2S2+. The second kappa shape index (κ2) is 6.73. The highest BCUT2D eigenvalue weighted by molar-refractivity contribution is 7.10. The van der Waals surface area contributed by atoms with Crippen LogP contribution < -0.4 is 4.90 Å². The van der Waals surface area contributed by atoms with E-state index in [1.165, 1.54) is 20.2 Å². The zero-order valence-electron chi connectivity index (χ0n) is 13.0. The lowest BCUT2D eigenvalue weighted by atomic mass is 9.98. The molecular weight excluding hydrogens is 328 g/mol. The van der Waals surface area contributed by atoms with Gasteiger partial charge in [-0.15, -0.1) is 22.7 Å². The summed E-state index contributed by atoms with van der Waals surface area (Å²) in [5, 5.41) is 4.33. The Morgan fingerprint density at radius 3 is 2.91 bits per heavy atom. The zero-order valence-corrected chi connectivity index (χ0v) is 14.6. The van der Waals surface area contributed by atoms with Gasteiger partial charge in [-0.2, -0.15) is 0 Å².